The Bertz CT molecular complexity index is 8.00. The number of hydrogen-bond acceptors (Lipinski definition) is 1. The summed E-state index contributed by atoms with van der Waals surface area (Å²) in [6, 6.07) is 0. The van der Waals surface area contributed by atoms with Gasteiger partial charge in [0.1, 0.15) is 0 Å². The molecule has 0 heterocycles. The van der Waals surface area contributed by atoms with E-state index in [9.17, 15) is 0 Å². The Morgan fingerprint density at radius 3 is 1.00 bits per heavy atom. The van der Waals surface area contributed by atoms with Gasteiger partial charge in [-0.3, -0.25) is 0 Å². The molecule has 0 rings (SSSR count). The van der Waals surface area contributed by atoms with Crippen molar-refractivity contribution in [2.75, 3.05) is 0 Å². The zero-order valence-corrected chi connectivity index (χ0v) is 3.95. The van der Waals surface area contributed by atoms with Crippen molar-refractivity contribution in [2.45, 2.75) is 7.43 Å². The molecule has 3 N–H and O–H groups in total. The Morgan fingerprint density at radius 2 is 1.00 bits per heavy atom. The molecule has 4 heavy (non-hydrogen) atoms. The van der Waals surface area contributed by atoms with E-state index in [1.807, 2.05) is 0 Å². The molecule has 1 radical (unpaired) electrons. The van der Waals surface area contributed by atoms with Gasteiger partial charge in [-0.15, -0.1) is 0 Å². The van der Waals surface area contributed by atoms with Crippen molar-refractivity contribution >= 4 is 0 Å². The third kappa shape index (κ3) is 10.7. The maximum absolute atomic E-state index is 0. The first-order chi connectivity index (χ1) is 0. The second-order valence-electron chi connectivity index (χ2n) is 0. The first-order valence-corrected chi connectivity index (χ1v) is 0. The molecule has 0 aromatic rings. The van der Waals surface area contributed by atoms with Gasteiger partial charge in [-0.2, -0.15) is 0 Å². The summed E-state index contributed by atoms with van der Waals surface area (Å²) in [6.07, 6.45) is 0. The van der Waals surface area contributed by atoms with Gasteiger partial charge in [0.2, 0.25) is 0 Å². The standard InChI is InChI=1S/CH4.Ag.Fe.H3N/h1H4;;;1H3. The maximum Gasteiger partial charge on any atom is 0 e. The molecule has 0 saturated heterocycles. The second-order valence-corrected chi connectivity index (χ2v) is 0. The molecule has 3 heteroatoms. The van der Waals surface area contributed by atoms with Gasteiger partial charge in [0.15, 0.2) is 0 Å². The SMILES string of the molecule is C.N.[Ag].[Fe]. The minimum Gasteiger partial charge on any atom is -0.344 e. The van der Waals surface area contributed by atoms with Crippen LogP contribution in [0.1, 0.15) is 7.43 Å². The molecule has 1 nitrogen and oxygen atoms in total. The van der Waals surface area contributed by atoms with Gasteiger partial charge in [-0.05, 0) is 0 Å². The van der Waals surface area contributed by atoms with Crippen LogP contribution >= 0.6 is 0 Å². The van der Waals surface area contributed by atoms with Gasteiger partial charge in [0.05, 0.1) is 0 Å². The molecule has 0 fully saturated rings. The van der Waals surface area contributed by atoms with Crippen LogP contribution in [-0.2, 0) is 39.4 Å². The van der Waals surface area contributed by atoms with Crippen molar-refractivity contribution in [3.63, 3.8) is 0 Å². The van der Waals surface area contributed by atoms with Gasteiger partial charge in [-0.25, -0.2) is 0 Å². The molecule has 0 bridgehead atoms. The van der Waals surface area contributed by atoms with Crippen molar-refractivity contribution in [1.29, 1.82) is 0 Å². The summed E-state index contributed by atoms with van der Waals surface area (Å²) in [5.41, 5.74) is 0. The predicted octanol–water partition coefficient (Wildman–Crippen LogP) is 0.793. The van der Waals surface area contributed by atoms with Crippen LogP contribution in [0, 0.1) is 0 Å². The monoisotopic (exact) mass is 196 g/mol. The number of rotatable bonds is 0. The van der Waals surface area contributed by atoms with Crippen LogP contribution in [-0.4, -0.2) is 0 Å². The molecule has 0 aliphatic rings. The molecule has 0 amide bonds. The fraction of sp³-hybridized carbons (Fsp3) is 1.00. The quantitative estimate of drug-likeness (QED) is 0.572. The summed E-state index contributed by atoms with van der Waals surface area (Å²) in [5, 5.41) is 0. The molecule has 0 saturated carbocycles. The van der Waals surface area contributed by atoms with Crippen molar-refractivity contribution in [3.8, 4) is 0 Å². The summed E-state index contributed by atoms with van der Waals surface area (Å²) >= 11 is 0. The van der Waals surface area contributed by atoms with Crippen LogP contribution in [0.4, 0.5) is 0 Å². The van der Waals surface area contributed by atoms with E-state index >= 15 is 0 Å². The van der Waals surface area contributed by atoms with Crippen molar-refractivity contribution in [2.24, 2.45) is 0 Å². The molecule has 0 spiro atoms. The van der Waals surface area contributed by atoms with E-state index in [1.165, 1.54) is 0 Å². The minimum absolute atomic E-state index is 0. The molecule has 35 valence electrons. The summed E-state index contributed by atoms with van der Waals surface area (Å²) in [7, 11) is 0. The smallest absolute Gasteiger partial charge is 0 e. The average Bonchev–Trinajstić information content (AvgIpc) is 0. The summed E-state index contributed by atoms with van der Waals surface area (Å²) in [5.74, 6) is 0. The Kier molecular flexibility index (Phi) is 459. The molecular weight excluding hydrogens is 190 g/mol. The van der Waals surface area contributed by atoms with E-state index in [0.29, 0.717) is 0 Å². The third-order valence-corrected chi connectivity index (χ3v) is 0. The van der Waals surface area contributed by atoms with E-state index in [4.69, 9.17) is 0 Å². The van der Waals surface area contributed by atoms with Crippen molar-refractivity contribution in [3.05, 3.63) is 0 Å². The molecule has 0 aromatic carbocycles. The van der Waals surface area contributed by atoms with Crippen molar-refractivity contribution in [1.82, 2.24) is 6.15 Å². The summed E-state index contributed by atoms with van der Waals surface area (Å²) in [4.78, 5) is 0. The zero-order valence-electron chi connectivity index (χ0n) is 1.36. The molecule has 0 aromatic heterocycles. The van der Waals surface area contributed by atoms with Crippen LogP contribution in [0.3, 0.4) is 0 Å². The summed E-state index contributed by atoms with van der Waals surface area (Å²) in [6.45, 7) is 0. The van der Waals surface area contributed by atoms with Crippen LogP contribution in [0.15, 0.2) is 0 Å². The molecule has 0 aliphatic heterocycles. The first kappa shape index (κ1) is 62.5. The Hall–Kier alpha value is 1.22. The van der Waals surface area contributed by atoms with E-state index < -0.39 is 0 Å². The topological polar surface area (TPSA) is 35.0 Å². The molecule has 0 atom stereocenters. The molecule has 0 unspecified atom stereocenters. The zero-order chi connectivity index (χ0) is 0. The Morgan fingerprint density at radius 1 is 1.00 bits per heavy atom. The fourth-order valence-electron chi connectivity index (χ4n) is 0. The predicted molar refractivity (Wildman–Crippen MR) is 11.8 cm³/mol. The van der Waals surface area contributed by atoms with Crippen LogP contribution < -0.4 is 6.15 Å². The number of hydrogen-bond donors (Lipinski definition) is 1. The van der Waals surface area contributed by atoms with E-state index in [1.54, 1.807) is 0 Å². The average molecular weight is 197 g/mol. The third-order valence-electron chi connectivity index (χ3n) is 0. The van der Waals surface area contributed by atoms with E-state index in [0.717, 1.165) is 0 Å². The van der Waals surface area contributed by atoms with Crippen molar-refractivity contribution < 1.29 is 39.4 Å². The van der Waals surface area contributed by atoms with E-state index in [-0.39, 0.29) is 53.0 Å². The van der Waals surface area contributed by atoms with E-state index in [2.05, 4.69) is 0 Å². The van der Waals surface area contributed by atoms with Crippen LogP contribution in [0.25, 0.3) is 0 Å². The first-order valence-electron chi connectivity index (χ1n) is 0. The van der Waals surface area contributed by atoms with Gasteiger partial charge in [0.25, 0.3) is 0 Å². The maximum atomic E-state index is 0. The van der Waals surface area contributed by atoms with Gasteiger partial charge < -0.3 is 6.15 Å². The Labute approximate surface area is 53.1 Å². The van der Waals surface area contributed by atoms with Gasteiger partial charge >= 0.3 is 0 Å². The van der Waals surface area contributed by atoms with Crippen LogP contribution in [0.5, 0.6) is 0 Å². The van der Waals surface area contributed by atoms with Gasteiger partial charge in [0, 0.05) is 39.4 Å². The normalized spacial score (nSPS) is 0. The Balaban J connectivity index is 0. The molecular formula is CH7AgFeN. The van der Waals surface area contributed by atoms with Crippen LogP contribution in [0.2, 0.25) is 0 Å². The van der Waals surface area contributed by atoms with Gasteiger partial charge in [-0.1, -0.05) is 7.43 Å². The molecule has 0 aliphatic carbocycles. The second kappa shape index (κ2) is 29.4. The largest absolute Gasteiger partial charge is 0.344 e. The summed E-state index contributed by atoms with van der Waals surface area (Å²) < 4.78 is 0. The minimum atomic E-state index is 0. The fourth-order valence-corrected chi connectivity index (χ4v) is 0.